The summed E-state index contributed by atoms with van der Waals surface area (Å²) in [5.74, 6) is 0.689. The van der Waals surface area contributed by atoms with Gasteiger partial charge in [-0.25, -0.2) is 13.8 Å². The zero-order chi connectivity index (χ0) is 22.1. The fourth-order valence-corrected chi connectivity index (χ4v) is 5.02. The van der Waals surface area contributed by atoms with Crippen molar-refractivity contribution in [3.05, 3.63) is 86.8 Å². The van der Waals surface area contributed by atoms with E-state index in [0.717, 1.165) is 17.9 Å². The first-order valence-electron chi connectivity index (χ1n) is 10.2. The third kappa shape index (κ3) is 4.51. The van der Waals surface area contributed by atoms with Gasteiger partial charge in [0.15, 0.2) is 5.16 Å². The zero-order valence-electron chi connectivity index (χ0n) is 17.6. The molecule has 1 fully saturated rings. The highest BCUT2D eigenvalue weighted by atomic mass is 32.2. The third-order valence-electron chi connectivity index (χ3n) is 5.91. The number of ether oxygens (including phenoxy) is 1. The summed E-state index contributed by atoms with van der Waals surface area (Å²) >= 11 is 1.48. The summed E-state index contributed by atoms with van der Waals surface area (Å²) in [4.78, 5) is 19.8. The molecule has 1 aromatic heterocycles. The summed E-state index contributed by atoms with van der Waals surface area (Å²) < 4.78 is 33.7. The lowest BCUT2D eigenvalue weighted by Gasteiger charge is -2.16. The van der Waals surface area contributed by atoms with Gasteiger partial charge in [-0.15, -0.1) is 0 Å². The highest BCUT2D eigenvalue weighted by Gasteiger charge is 2.38. The second-order valence-electron chi connectivity index (χ2n) is 7.92. The van der Waals surface area contributed by atoms with E-state index in [-0.39, 0.29) is 11.1 Å². The van der Waals surface area contributed by atoms with Gasteiger partial charge in [0.25, 0.3) is 5.56 Å². The van der Waals surface area contributed by atoms with Gasteiger partial charge in [-0.1, -0.05) is 36.9 Å². The van der Waals surface area contributed by atoms with Crippen LogP contribution in [-0.4, -0.2) is 22.8 Å². The highest BCUT2D eigenvalue weighted by Crippen LogP contribution is 2.49. The van der Waals surface area contributed by atoms with E-state index in [2.05, 4.69) is 22.1 Å². The number of hydrogen-bond donors (Lipinski definition) is 1. The molecule has 4 nitrogen and oxygen atoms in total. The molecule has 0 amide bonds. The Kier molecular flexibility index (Phi) is 6.14. The monoisotopic (exact) mass is 442 g/mol. The van der Waals surface area contributed by atoms with Gasteiger partial charge in [0.05, 0.1) is 12.8 Å². The van der Waals surface area contributed by atoms with Gasteiger partial charge in [0.1, 0.15) is 17.4 Å². The molecule has 4 rings (SSSR count). The number of H-pyrrole nitrogens is 1. The fraction of sp³-hybridized carbons (Fsp3) is 0.333. The Morgan fingerprint density at radius 1 is 1.19 bits per heavy atom. The number of rotatable bonds is 7. The van der Waals surface area contributed by atoms with Crippen LogP contribution in [0, 0.1) is 24.5 Å². The normalized spacial score (nSPS) is 18.6. The van der Waals surface area contributed by atoms with E-state index in [9.17, 15) is 13.6 Å². The van der Waals surface area contributed by atoms with E-state index in [1.807, 2.05) is 12.1 Å². The van der Waals surface area contributed by atoms with Crippen molar-refractivity contribution in [3.8, 4) is 5.75 Å². The van der Waals surface area contributed by atoms with E-state index in [4.69, 9.17) is 4.74 Å². The van der Waals surface area contributed by atoms with Gasteiger partial charge in [-0.05, 0) is 55.0 Å². The first-order chi connectivity index (χ1) is 14.9. The smallest absolute Gasteiger partial charge is 0.254 e. The Hall–Kier alpha value is -2.67. The van der Waals surface area contributed by atoms with Crippen LogP contribution in [0.2, 0.25) is 0 Å². The molecule has 1 N–H and O–H groups in total. The molecule has 1 aliphatic rings. The number of nitrogens with one attached hydrogen (secondary N) is 1. The van der Waals surface area contributed by atoms with Crippen LogP contribution in [0.4, 0.5) is 8.78 Å². The minimum atomic E-state index is -0.671. The van der Waals surface area contributed by atoms with E-state index < -0.39 is 17.6 Å². The lowest BCUT2D eigenvalue weighted by atomic mass is 9.94. The van der Waals surface area contributed by atoms with E-state index in [1.54, 1.807) is 21.0 Å². The lowest BCUT2D eigenvalue weighted by Crippen LogP contribution is -2.19. The quantitative estimate of drug-likeness (QED) is 0.393. The maximum atomic E-state index is 14.3. The summed E-state index contributed by atoms with van der Waals surface area (Å²) in [6.07, 6.45) is 1.08. The van der Waals surface area contributed by atoms with Crippen LogP contribution in [0.15, 0.2) is 52.4 Å². The van der Waals surface area contributed by atoms with E-state index in [0.29, 0.717) is 28.2 Å². The van der Waals surface area contributed by atoms with Gasteiger partial charge < -0.3 is 9.72 Å². The van der Waals surface area contributed by atoms with Crippen molar-refractivity contribution < 1.29 is 13.5 Å². The van der Waals surface area contributed by atoms with Crippen LogP contribution in [0.5, 0.6) is 5.75 Å². The topological polar surface area (TPSA) is 55.0 Å². The molecular formula is C24H24F2N2O2S. The molecule has 0 radical (unpaired) electrons. The standard InChI is InChI=1S/C24H24F2N2O2S/c1-13(21-19(25)5-4-6-20(21)26)22-14(2)23(29)28-24(27-22)31-12-16-11-18(16)15-7-9-17(30-3)10-8-15/h4-10,13,16,18H,11-12H2,1-3H3,(H,27,28,29)/t13?,16-,18-/m0/s1. The predicted molar refractivity (Wildman–Crippen MR) is 118 cm³/mol. The van der Waals surface area contributed by atoms with Gasteiger partial charge >= 0.3 is 0 Å². The Balaban J connectivity index is 1.49. The molecule has 0 aliphatic heterocycles. The maximum absolute atomic E-state index is 14.3. The van der Waals surface area contributed by atoms with Crippen LogP contribution in [-0.2, 0) is 0 Å². The summed E-state index contributed by atoms with van der Waals surface area (Å²) in [7, 11) is 1.65. The van der Waals surface area contributed by atoms with Gasteiger partial charge in [0, 0.05) is 22.8 Å². The molecule has 2 aromatic carbocycles. The van der Waals surface area contributed by atoms with Crippen LogP contribution >= 0.6 is 11.8 Å². The Bertz CT molecular complexity index is 1130. The number of thioether (sulfide) groups is 1. The largest absolute Gasteiger partial charge is 0.497 e. The summed E-state index contributed by atoms with van der Waals surface area (Å²) in [6.45, 7) is 3.30. The average Bonchev–Trinajstić information content (AvgIpc) is 3.54. The molecule has 1 heterocycles. The van der Waals surface area contributed by atoms with Crippen molar-refractivity contribution in [3.63, 3.8) is 0 Å². The second-order valence-corrected chi connectivity index (χ2v) is 8.93. The Labute approximate surface area is 184 Å². The molecule has 3 aromatic rings. The number of benzene rings is 2. The molecule has 0 spiro atoms. The van der Waals surface area contributed by atoms with E-state index >= 15 is 0 Å². The molecule has 3 atom stereocenters. The molecule has 7 heteroatoms. The molecule has 1 unspecified atom stereocenters. The minimum Gasteiger partial charge on any atom is -0.497 e. The van der Waals surface area contributed by atoms with Crippen molar-refractivity contribution in [2.75, 3.05) is 12.9 Å². The van der Waals surface area contributed by atoms with Gasteiger partial charge in [-0.3, -0.25) is 4.79 Å². The molecule has 0 bridgehead atoms. The second kappa shape index (κ2) is 8.83. The summed E-state index contributed by atoms with van der Waals surface area (Å²) in [6, 6.07) is 11.9. The number of halogens is 2. The molecule has 162 valence electrons. The van der Waals surface area contributed by atoms with Crippen molar-refractivity contribution in [2.24, 2.45) is 5.92 Å². The molecule has 1 aliphatic carbocycles. The van der Waals surface area contributed by atoms with Crippen molar-refractivity contribution >= 4 is 11.8 Å². The average molecular weight is 443 g/mol. The number of hydrogen-bond acceptors (Lipinski definition) is 4. The summed E-state index contributed by atoms with van der Waals surface area (Å²) in [5.41, 5.74) is 1.71. The number of aromatic amines is 1. The van der Waals surface area contributed by atoms with Crippen LogP contribution in [0.1, 0.15) is 47.6 Å². The van der Waals surface area contributed by atoms with Gasteiger partial charge in [-0.2, -0.15) is 0 Å². The lowest BCUT2D eigenvalue weighted by molar-refractivity contribution is 0.414. The van der Waals surface area contributed by atoms with Crippen LogP contribution < -0.4 is 10.3 Å². The highest BCUT2D eigenvalue weighted by molar-refractivity contribution is 7.99. The Morgan fingerprint density at radius 3 is 2.52 bits per heavy atom. The van der Waals surface area contributed by atoms with E-state index in [1.165, 1.54) is 35.5 Å². The van der Waals surface area contributed by atoms with Crippen LogP contribution in [0.3, 0.4) is 0 Å². The minimum absolute atomic E-state index is 0.0681. The number of nitrogens with zero attached hydrogens (tertiary/aromatic N) is 1. The first-order valence-corrected chi connectivity index (χ1v) is 11.2. The van der Waals surface area contributed by atoms with Crippen LogP contribution in [0.25, 0.3) is 0 Å². The number of aromatic nitrogens is 2. The molecule has 1 saturated carbocycles. The Morgan fingerprint density at radius 2 is 1.87 bits per heavy atom. The maximum Gasteiger partial charge on any atom is 0.254 e. The number of methoxy groups -OCH3 is 1. The first kappa shape index (κ1) is 21.6. The molecular weight excluding hydrogens is 418 g/mol. The molecule has 0 saturated heterocycles. The summed E-state index contributed by atoms with van der Waals surface area (Å²) in [5, 5.41) is 0.481. The van der Waals surface area contributed by atoms with Gasteiger partial charge in [0.2, 0.25) is 0 Å². The molecule has 31 heavy (non-hydrogen) atoms. The fourth-order valence-electron chi connectivity index (χ4n) is 3.96. The third-order valence-corrected chi connectivity index (χ3v) is 6.97. The van der Waals surface area contributed by atoms with Crippen molar-refractivity contribution in [1.82, 2.24) is 9.97 Å². The van der Waals surface area contributed by atoms with Crippen molar-refractivity contribution in [1.29, 1.82) is 0 Å². The SMILES string of the molecule is COc1ccc([C@@H]2C[C@H]2CSc2nc(C(C)c3c(F)cccc3F)c(C)c(=O)[nH]2)cc1. The van der Waals surface area contributed by atoms with Crippen molar-refractivity contribution in [2.45, 2.75) is 37.3 Å². The zero-order valence-corrected chi connectivity index (χ0v) is 18.4. The predicted octanol–water partition coefficient (Wildman–Crippen LogP) is 5.41.